The first-order valence-corrected chi connectivity index (χ1v) is 9.73. The number of carbonyl (C=O) groups excluding carboxylic acids is 1. The van der Waals surface area contributed by atoms with E-state index in [1.807, 2.05) is 31.2 Å². The minimum atomic E-state index is -0.593. The van der Waals surface area contributed by atoms with E-state index in [4.69, 9.17) is 0 Å². The Labute approximate surface area is 168 Å². The highest BCUT2D eigenvalue weighted by Crippen LogP contribution is 2.33. The maximum Gasteiger partial charge on any atom is 0.316 e. The Morgan fingerprint density at radius 2 is 1.55 bits per heavy atom. The van der Waals surface area contributed by atoms with Gasteiger partial charge >= 0.3 is 11.1 Å². The molecule has 0 unspecified atom stereocenters. The largest absolute Gasteiger partial charge is 0.370 e. The Bertz CT molecular complexity index is 1230. The Morgan fingerprint density at radius 3 is 2.17 bits per heavy atom. The number of amides is 1. The van der Waals surface area contributed by atoms with Gasteiger partial charge in [-0.05, 0) is 44.0 Å². The number of fused-ring (bicyclic) bond motifs is 1. The van der Waals surface area contributed by atoms with E-state index in [-0.39, 0.29) is 5.91 Å². The van der Waals surface area contributed by atoms with Crippen molar-refractivity contribution in [1.82, 2.24) is 9.13 Å². The zero-order valence-corrected chi connectivity index (χ0v) is 16.9. The van der Waals surface area contributed by atoms with Gasteiger partial charge in [-0.15, -0.1) is 0 Å². The van der Waals surface area contributed by atoms with Gasteiger partial charge in [0.05, 0.1) is 22.4 Å². The van der Waals surface area contributed by atoms with Gasteiger partial charge in [-0.25, -0.2) is 0 Å². The van der Waals surface area contributed by atoms with Crippen LogP contribution >= 0.6 is 0 Å². The fraction of sp³-hybridized carbons (Fsp3) is 0.318. The zero-order chi connectivity index (χ0) is 20.7. The van der Waals surface area contributed by atoms with Crippen LogP contribution in [0.2, 0.25) is 0 Å². The predicted octanol–water partition coefficient (Wildman–Crippen LogP) is 2.40. The van der Waals surface area contributed by atoms with Crippen molar-refractivity contribution in [2.75, 3.05) is 23.3 Å². The molecular formula is C22H24N4O3. The third-order valence-corrected chi connectivity index (χ3v) is 5.58. The second-order valence-electron chi connectivity index (χ2n) is 7.60. The summed E-state index contributed by atoms with van der Waals surface area (Å²) in [5, 5.41) is 3.02. The van der Waals surface area contributed by atoms with Gasteiger partial charge in [-0.1, -0.05) is 17.7 Å². The highest BCUT2D eigenvalue weighted by atomic mass is 16.2. The topological polar surface area (TPSA) is 76.3 Å². The molecule has 1 aliphatic rings. The molecular weight excluding hydrogens is 368 g/mol. The van der Waals surface area contributed by atoms with E-state index in [0.29, 0.717) is 22.3 Å². The van der Waals surface area contributed by atoms with Crippen molar-refractivity contribution in [3.05, 3.63) is 68.2 Å². The Morgan fingerprint density at radius 1 is 0.931 bits per heavy atom. The maximum absolute atomic E-state index is 12.9. The zero-order valence-electron chi connectivity index (χ0n) is 16.9. The summed E-state index contributed by atoms with van der Waals surface area (Å²) < 4.78 is 2.72. The summed E-state index contributed by atoms with van der Waals surface area (Å²) in [6.45, 7) is 3.72. The fourth-order valence-electron chi connectivity index (χ4n) is 3.91. The van der Waals surface area contributed by atoms with E-state index >= 15 is 0 Å². The summed E-state index contributed by atoms with van der Waals surface area (Å²) in [6, 6.07) is 11.1. The van der Waals surface area contributed by atoms with Gasteiger partial charge in [-0.2, -0.15) is 0 Å². The molecule has 150 valence electrons. The average molecular weight is 392 g/mol. The van der Waals surface area contributed by atoms with Gasteiger partial charge in [-0.3, -0.25) is 14.4 Å². The molecule has 1 N–H and O–H groups in total. The maximum atomic E-state index is 12.9. The summed E-state index contributed by atoms with van der Waals surface area (Å²) in [4.78, 5) is 39.6. The summed E-state index contributed by atoms with van der Waals surface area (Å²) in [7, 11) is 3.18. The molecule has 1 aromatic heterocycles. The SMILES string of the molecule is Cc1cccc(C(=O)Nc2cc3c(cc2N2CCCC2)n(C)c(=O)c(=O)n3C)c1. The lowest BCUT2D eigenvalue weighted by Gasteiger charge is -2.23. The van der Waals surface area contributed by atoms with Crippen molar-refractivity contribution < 1.29 is 4.79 Å². The highest BCUT2D eigenvalue weighted by molar-refractivity contribution is 6.07. The predicted molar refractivity (Wildman–Crippen MR) is 115 cm³/mol. The van der Waals surface area contributed by atoms with Gasteiger partial charge in [0, 0.05) is 32.7 Å². The van der Waals surface area contributed by atoms with Crippen molar-refractivity contribution in [3.8, 4) is 0 Å². The minimum Gasteiger partial charge on any atom is -0.370 e. The fourth-order valence-corrected chi connectivity index (χ4v) is 3.91. The van der Waals surface area contributed by atoms with E-state index in [0.717, 1.165) is 37.2 Å². The quantitative estimate of drug-likeness (QED) is 0.695. The van der Waals surface area contributed by atoms with E-state index < -0.39 is 11.1 Å². The first kappa shape index (κ1) is 19.0. The number of rotatable bonds is 3. The molecule has 0 bridgehead atoms. The van der Waals surface area contributed by atoms with Crippen LogP contribution < -0.4 is 21.3 Å². The van der Waals surface area contributed by atoms with Crippen LogP contribution in [-0.4, -0.2) is 28.1 Å². The lowest BCUT2D eigenvalue weighted by atomic mass is 10.1. The molecule has 7 nitrogen and oxygen atoms in total. The summed E-state index contributed by atoms with van der Waals surface area (Å²) in [6.07, 6.45) is 2.16. The summed E-state index contributed by atoms with van der Waals surface area (Å²) >= 11 is 0. The first-order valence-electron chi connectivity index (χ1n) is 9.73. The van der Waals surface area contributed by atoms with Crippen molar-refractivity contribution in [3.63, 3.8) is 0 Å². The number of aromatic nitrogens is 2. The van der Waals surface area contributed by atoms with Crippen LogP contribution in [0.25, 0.3) is 11.0 Å². The van der Waals surface area contributed by atoms with Crippen LogP contribution in [0.5, 0.6) is 0 Å². The van der Waals surface area contributed by atoms with E-state index in [9.17, 15) is 14.4 Å². The van der Waals surface area contributed by atoms with Gasteiger partial charge in [0.1, 0.15) is 0 Å². The Kier molecular flexibility index (Phi) is 4.74. The smallest absolute Gasteiger partial charge is 0.316 e. The van der Waals surface area contributed by atoms with Gasteiger partial charge < -0.3 is 19.4 Å². The lowest BCUT2D eigenvalue weighted by Crippen LogP contribution is -2.39. The van der Waals surface area contributed by atoms with Crippen molar-refractivity contribution in [2.24, 2.45) is 14.1 Å². The molecule has 1 saturated heterocycles. The molecule has 29 heavy (non-hydrogen) atoms. The molecule has 1 aliphatic heterocycles. The number of aryl methyl sites for hydroxylation is 3. The molecule has 7 heteroatoms. The van der Waals surface area contributed by atoms with Crippen LogP contribution in [0.4, 0.5) is 11.4 Å². The number of benzene rings is 2. The van der Waals surface area contributed by atoms with E-state index in [2.05, 4.69) is 10.2 Å². The van der Waals surface area contributed by atoms with Crippen molar-refractivity contribution in [2.45, 2.75) is 19.8 Å². The van der Waals surface area contributed by atoms with Gasteiger partial charge in [0.15, 0.2) is 0 Å². The third kappa shape index (κ3) is 3.33. The number of hydrogen-bond acceptors (Lipinski definition) is 4. The highest BCUT2D eigenvalue weighted by Gasteiger charge is 2.21. The van der Waals surface area contributed by atoms with E-state index in [1.54, 1.807) is 26.2 Å². The number of carbonyl (C=O) groups is 1. The minimum absolute atomic E-state index is 0.205. The lowest BCUT2D eigenvalue weighted by molar-refractivity contribution is 0.102. The molecule has 3 aromatic rings. The number of hydrogen-bond donors (Lipinski definition) is 1. The molecule has 4 rings (SSSR count). The van der Waals surface area contributed by atoms with Gasteiger partial charge in [0.25, 0.3) is 5.91 Å². The third-order valence-electron chi connectivity index (χ3n) is 5.58. The first-order chi connectivity index (χ1) is 13.9. The normalized spacial score (nSPS) is 13.8. The monoisotopic (exact) mass is 392 g/mol. The van der Waals surface area contributed by atoms with Gasteiger partial charge in [0.2, 0.25) is 0 Å². The molecule has 2 aromatic carbocycles. The van der Waals surface area contributed by atoms with Crippen LogP contribution in [0, 0.1) is 6.92 Å². The molecule has 0 saturated carbocycles. The number of anilines is 2. The molecule has 0 atom stereocenters. The molecule has 2 heterocycles. The summed E-state index contributed by atoms with van der Waals surface area (Å²) in [5.74, 6) is -0.205. The molecule has 1 amide bonds. The second-order valence-corrected chi connectivity index (χ2v) is 7.60. The Hall–Kier alpha value is -3.35. The average Bonchev–Trinajstić information content (AvgIpc) is 3.25. The Balaban J connectivity index is 1.89. The van der Waals surface area contributed by atoms with Crippen molar-refractivity contribution in [1.29, 1.82) is 0 Å². The second kappa shape index (κ2) is 7.24. The molecule has 0 spiro atoms. The van der Waals surface area contributed by atoms with Crippen LogP contribution in [0.1, 0.15) is 28.8 Å². The standard InChI is InChI=1S/C22H24N4O3/c1-14-7-6-8-15(11-14)20(27)23-16-12-18-19(13-17(16)26-9-4-5-10-26)25(3)22(29)21(28)24(18)2/h6-8,11-13H,4-5,9-10H2,1-3H3,(H,23,27). The van der Waals surface area contributed by atoms with E-state index in [1.165, 1.54) is 9.13 Å². The molecule has 0 radical (unpaired) electrons. The van der Waals surface area contributed by atoms with Crippen LogP contribution in [0.3, 0.4) is 0 Å². The summed E-state index contributed by atoms with van der Waals surface area (Å²) in [5.41, 5.74) is 3.19. The number of nitrogens with one attached hydrogen (secondary N) is 1. The van der Waals surface area contributed by atoms with Crippen LogP contribution in [0.15, 0.2) is 46.0 Å². The number of nitrogens with zero attached hydrogens (tertiary/aromatic N) is 3. The van der Waals surface area contributed by atoms with Crippen LogP contribution in [-0.2, 0) is 14.1 Å². The molecule has 0 aliphatic carbocycles. The van der Waals surface area contributed by atoms with Crippen molar-refractivity contribution >= 4 is 28.3 Å². The molecule has 1 fully saturated rings.